The molecule has 1 unspecified atom stereocenters. The molecule has 2 aliphatic rings. The molecule has 7 rings (SSSR count). The number of hydrogen-bond acceptors (Lipinski definition) is 7. The summed E-state index contributed by atoms with van der Waals surface area (Å²) in [4.78, 5) is 40.0. The Labute approximate surface area is 282 Å². The molecule has 4 heterocycles. The Kier molecular flexibility index (Phi) is 8.60. The van der Waals surface area contributed by atoms with E-state index in [1.807, 2.05) is 6.07 Å². The molecule has 10 nitrogen and oxygen atoms in total. The number of halogens is 2. The molecular weight excluding hydrogens is 659 g/mol. The van der Waals surface area contributed by atoms with E-state index in [1.165, 1.54) is 29.0 Å². The van der Waals surface area contributed by atoms with Crippen LogP contribution in [0.4, 0.5) is 0 Å². The van der Waals surface area contributed by atoms with Gasteiger partial charge in [0.25, 0.3) is 15.9 Å². The number of carbonyl (C=O) groups is 1. The van der Waals surface area contributed by atoms with Crippen molar-refractivity contribution < 1.29 is 13.2 Å². The number of likely N-dealkylation sites (tertiary alicyclic amines) is 1. The van der Waals surface area contributed by atoms with Gasteiger partial charge in [0.1, 0.15) is 10.9 Å². The number of carbonyl (C=O) groups excluding carboxylic acids is 1. The zero-order chi connectivity index (χ0) is 32.9. The van der Waals surface area contributed by atoms with Gasteiger partial charge in [-0.3, -0.25) is 19.2 Å². The normalized spacial score (nSPS) is 17.8. The Morgan fingerprint density at radius 2 is 1.51 bits per heavy atom. The molecule has 1 amide bonds. The summed E-state index contributed by atoms with van der Waals surface area (Å²) in [5, 5.41) is 0.799. The van der Waals surface area contributed by atoms with Crippen molar-refractivity contribution in [3.8, 4) is 0 Å². The maximum absolute atomic E-state index is 14.6. The van der Waals surface area contributed by atoms with Gasteiger partial charge in [0.2, 0.25) is 0 Å². The maximum atomic E-state index is 14.6. The van der Waals surface area contributed by atoms with E-state index in [9.17, 15) is 18.0 Å². The number of piperidine rings is 1. The van der Waals surface area contributed by atoms with Crippen molar-refractivity contribution >= 4 is 61.1 Å². The largest absolute Gasteiger partial charge is 0.344 e. The minimum Gasteiger partial charge on any atom is -0.338 e. The number of rotatable bonds is 6. The fraction of sp³-hybridized carbons (Fsp3) is 0.324. The van der Waals surface area contributed by atoms with Gasteiger partial charge < -0.3 is 9.80 Å². The van der Waals surface area contributed by atoms with Gasteiger partial charge in [-0.25, -0.2) is 13.2 Å². The fourth-order valence-corrected chi connectivity index (χ4v) is 8.80. The van der Waals surface area contributed by atoms with Crippen LogP contribution in [0.2, 0.25) is 10.0 Å². The zero-order valence-electron chi connectivity index (χ0n) is 25.8. The summed E-state index contributed by atoms with van der Waals surface area (Å²) in [6, 6.07) is 19.3. The van der Waals surface area contributed by atoms with Crippen LogP contribution in [0.25, 0.3) is 21.9 Å². The number of benzene rings is 3. The summed E-state index contributed by atoms with van der Waals surface area (Å²) in [7, 11) is -2.40. The third kappa shape index (κ3) is 5.74. The molecule has 5 aromatic rings. The van der Waals surface area contributed by atoms with E-state index in [0.717, 1.165) is 43.0 Å². The number of fused-ring (bicyclic) bond motifs is 2. The molecule has 0 N–H and O–H groups in total. The molecule has 47 heavy (non-hydrogen) atoms. The summed E-state index contributed by atoms with van der Waals surface area (Å²) < 4.78 is 30.9. The highest BCUT2D eigenvalue weighted by Crippen LogP contribution is 2.34. The van der Waals surface area contributed by atoms with Crippen LogP contribution in [0, 0.1) is 0 Å². The monoisotopic (exact) mass is 692 g/mol. The first-order chi connectivity index (χ1) is 22.6. The summed E-state index contributed by atoms with van der Waals surface area (Å²) >= 11 is 12.9. The summed E-state index contributed by atoms with van der Waals surface area (Å²) in [5.74, 6) is -0.296. The van der Waals surface area contributed by atoms with Gasteiger partial charge in [-0.05, 0) is 62.8 Å². The van der Waals surface area contributed by atoms with E-state index in [1.54, 1.807) is 53.4 Å². The van der Waals surface area contributed by atoms with Gasteiger partial charge >= 0.3 is 5.69 Å². The van der Waals surface area contributed by atoms with Crippen LogP contribution in [0.1, 0.15) is 24.4 Å². The predicted octanol–water partition coefficient (Wildman–Crippen LogP) is 4.72. The Hall–Kier alpha value is -3.74. The smallest absolute Gasteiger partial charge is 0.338 e. The minimum absolute atomic E-state index is 0.0122. The molecule has 2 fully saturated rings. The van der Waals surface area contributed by atoms with Crippen LogP contribution in [0.3, 0.4) is 0 Å². The van der Waals surface area contributed by atoms with Crippen molar-refractivity contribution in [1.29, 1.82) is 0 Å². The van der Waals surface area contributed by atoms with Crippen molar-refractivity contribution in [2.45, 2.75) is 29.8 Å². The number of imidazole rings is 1. The molecule has 3 aromatic carbocycles. The van der Waals surface area contributed by atoms with Crippen LogP contribution in [0.5, 0.6) is 0 Å². The molecule has 0 aliphatic carbocycles. The second kappa shape index (κ2) is 12.7. The van der Waals surface area contributed by atoms with Crippen molar-refractivity contribution in [3.63, 3.8) is 0 Å². The van der Waals surface area contributed by atoms with Gasteiger partial charge in [0, 0.05) is 43.8 Å². The first-order valence-electron chi connectivity index (χ1n) is 15.6. The fourth-order valence-electron chi connectivity index (χ4n) is 6.93. The van der Waals surface area contributed by atoms with E-state index in [-0.39, 0.29) is 37.4 Å². The lowest BCUT2D eigenvalue weighted by Crippen LogP contribution is -2.55. The van der Waals surface area contributed by atoms with E-state index >= 15 is 0 Å². The Bertz CT molecular complexity index is 2130. The topological polar surface area (TPSA) is 101 Å². The summed E-state index contributed by atoms with van der Waals surface area (Å²) in [6.07, 6.45) is 3.69. The van der Waals surface area contributed by atoms with E-state index < -0.39 is 21.8 Å². The quantitative estimate of drug-likeness (QED) is 0.254. The van der Waals surface area contributed by atoms with E-state index in [4.69, 9.17) is 23.2 Å². The van der Waals surface area contributed by atoms with E-state index in [2.05, 4.69) is 21.8 Å². The molecule has 0 saturated carbocycles. The molecule has 0 spiro atoms. The first kappa shape index (κ1) is 31.8. The molecule has 2 saturated heterocycles. The highest BCUT2D eigenvalue weighted by molar-refractivity contribution is 7.90. The Balaban J connectivity index is 1.35. The lowest BCUT2D eigenvalue weighted by Gasteiger charge is -2.42. The standard InChI is InChI=1S/C34H34Cl2N6O4S/c1-38-15-12-25(13-16-38)39-17-19-40(20-18-39)33(43)32(24-7-3-2-4-8-24)41-28-21-26(35)27(36)22-29(28)42(34(41)44)47(45,46)30-11-5-9-23-10-6-14-37-31(23)30/h2-11,14,21-22,25,32H,12-13,15-20H2,1H3. The summed E-state index contributed by atoms with van der Waals surface area (Å²) in [6.45, 7) is 4.54. The van der Waals surface area contributed by atoms with Crippen LogP contribution in [0.15, 0.2) is 88.7 Å². The molecule has 0 bridgehead atoms. The number of nitrogens with zero attached hydrogens (tertiary/aromatic N) is 6. The highest BCUT2D eigenvalue weighted by Gasteiger charge is 2.37. The third-order valence-electron chi connectivity index (χ3n) is 9.43. The number of aromatic nitrogens is 3. The van der Waals surface area contributed by atoms with Gasteiger partial charge in [0.15, 0.2) is 0 Å². The van der Waals surface area contributed by atoms with Crippen molar-refractivity contribution in [2.75, 3.05) is 46.3 Å². The van der Waals surface area contributed by atoms with Crippen LogP contribution in [-0.2, 0) is 14.8 Å². The SMILES string of the molecule is CN1CCC(N2CCN(C(=O)C(c3ccccc3)n3c(=O)n(S(=O)(=O)c4cccc5cccnc45)c4cc(Cl)c(Cl)cc43)CC2)CC1. The van der Waals surface area contributed by atoms with Gasteiger partial charge in [-0.15, -0.1) is 0 Å². The van der Waals surface area contributed by atoms with E-state index in [0.29, 0.717) is 30.1 Å². The molecule has 1 atom stereocenters. The zero-order valence-corrected chi connectivity index (χ0v) is 28.1. The second-order valence-corrected chi connectivity index (χ2v) is 14.8. The average Bonchev–Trinajstić information content (AvgIpc) is 3.36. The van der Waals surface area contributed by atoms with Gasteiger partial charge in [0.05, 0.1) is 26.6 Å². The van der Waals surface area contributed by atoms with Crippen LogP contribution >= 0.6 is 23.2 Å². The predicted molar refractivity (Wildman–Crippen MR) is 184 cm³/mol. The highest BCUT2D eigenvalue weighted by atomic mass is 35.5. The maximum Gasteiger partial charge on any atom is 0.344 e. The van der Waals surface area contributed by atoms with Crippen molar-refractivity contribution in [1.82, 2.24) is 28.2 Å². The van der Waals surface area contributed by atoms with Crippen LogP contribution < -0.4 is 5.69 Å². The molecule has 2 aliphatic heterocycles. The number of hydrogen-bond donors (Lipinski definition) is 0. The number of amides is 1. The lowest BCUT2D eigenvalue weighted by atomic mass is 10.0. The van der Waals surface area contributed by atoms with Crippen molar-refractivity contribution in [3.05, 3.63) is 105 Å². The Morgan fingerprint density at radius 3 is 2.21 bits per heavy atom. The summed E-state index contributed by atoms with van der Waals surface area (Å²) in [5.41, 5.74) is 0.0534. The third-order valence-corrected chi connectivity index (χ3v) is 11.9. The number of pyridine rings is 1. The molecule has 244 valence electrons. The number of piperazine rings is 1. The Morgan fingerprint density at radius 1 is 0.851 bits per heavy atom. The first-order valence-corrected chi connectivity index (χ1v) is 17.8. The lowest BCUT2D eigenvalue weighted by molar-refractivity contribution is -0.135. The second-order valence-electron chi connectivity index (χ2n) is 12.2. The van der Waals surface area contributed by atoms with Gasteiger partial charge in [-0.1, -0.05) is 71.7 Å². The molecule has 13 heteroatoms. The van der Waals surface area contributed by atoms with Gasteiger partial charge in [-0.2, -0.15) is 3.97 Å². The van der Waals surface area contributed by atoms with Crippen molar-refractivity contribution in [2.24, 2.45) is 0 Å². The molecule has 2 aromatic heterocycles. The van der Waals surface area contributed by atoms with Crippen LogP contribution in [-0.4, -0.2) is 94.9 Å². The average molecular weight is 694 g/mol. The molecule has 0 radical (unpaired) electrons. The number of para-hydroxylation sites is 1. The molecular formula is C34H34Cl2N6O4S. The minimum atomic E-state index is -4.54.